The fraction of sp³-hybridized carbons (Fsp3) is 0.0417. The first-order chi connectivity index (χ1) is 14.1. The highest BCUT2D eigenvalue weighted by Crippen LogP contribution is 2.38. The van der Waals surface area contributed by atoms with E-state index in [0.717, 1.165) is 28.4 Å². The summed E-state index contributed by atoms with van der Waals surface area (Å²) in [5, 5.41) is 0.706. The standard InChI is InChI=1S/C24H19Cl2N3/c1-28(18-9-4-2-5-10-18)20-13-8-14-21(15-20)29(19-11-6-3-7-12-19)22-16-23(25)27-24(26)17-22/h2-17H,1H3. The Hall–Kier alpha value is -3.01. The molecule has 0 aliphatic carbocycles. The van der Waals surface area contributed by atoms with Crippen LogP contribution in [0.15, 0.2) is 97.1 Å². The molecular weight excluding hydrogens is 401 g/mol. The first kappa shape index (κ1) is 19.3. The Morgan fingerprint density at radius 3 is 1.69 bits per heavy atom. The highest BCUT2D eigenvalue weighted by molar-refractivity contribution is 6.32. The van der Waals surface area contributed by atoms with Gasteiger partial charge in [-0.2, -0.15) is 0 Å². The molecule has 0 bridgehead atoms. The van der Waals surface area contributed by atoms with Crippen molar-refractivity contribution in [3.63, 3.8) is 0 Å². The zero-order valence-electron chi connectivity index (χ0n) is 15.8. The first-order valence-corrected chi connectivity index (χ1v) is 9.94. The molecule has 0 aliphatic heterocycles. The van der Waals surface area contributed by atoms with Crippen LogP contribution < -0.4 is 9.80 Å². The molecule has 4 rings (SSSR count). The van der Waals surface area contributed by atoms with Gasteiger partial charge in [0.15, 0.2) is 0 Å². The van der Waals surface area contributed by atoms with Crippen LogP contribution in [0.4, 0.5) is 28.4 Å². The fourth-order valence-corrected chi connectivity index (χ4v) is 3.70. The van der Waals surface area contributed by atoms with Crippen LogP contribution in [0.3, 0.4) is 0 Å². The van der Waals surface area contributed by atoms with E-state index in [1.54, 1.807) is 0 Å². The normalized spacial score (nSPS) is 10.6. The summed E-state index contributed by atoms with van der Waals surface area (Å²) in [5.41, 5.74) is 5.03. The number of hydrogen-bond acceptors (Lipinski definition) is 3. The minimum Gasteiger partial charge on any atom is -0.345 e. The van der Waals surface area contributed by atoms with Crippen LogP contribution in [-0.4, -0.2) is 12.0 Å². The van der Waals surface area contributed by atoms with Gasteiger partial charge in [0.05, 0.1) is 5.69 Å². The molecule has 0 unspecified atom stereocenters. The molecule has 0 aliphatic rings. The zero-order chi connectivity index (χ0) is 20.2. The molecule has 1 aromatic heterocycles. The van der Waals surface area contributed by atoms with Crippen molar-refractivity contribution >= 4 is 51.6 Å². The minimum absolute atomic E-state index is 0.353. The lowest BCUT2D eigenvalue weighted by Gasteiger charge is -2.27. The number of pyridine rings is 1. The minimum atomic E-state index is 0.353. The summed E-state index contributed by atoms with van der Waals surface area (Å²) in [5.74, 6) is 0. The summed E-state index contributed by atoms with van der Waals surface area (Å²) in [6, 6.07) is 32.3. The molecule has 0 fully saturated rings. The molecule has 0 spiro atoms. The molecule has 0 amide bonds. The van der Waals surface area contributed by atoms with Gasteiger partial charge in [0, 0.05) is 29.8 Å². The van der Waals surface area contributed by atoms with Crippen molar-refractivity contribution in [1.29, 1.82) is 0 Å². The molecule has 0 atom stereocenters. The molecule has 0 saturated carbocycles. The fourth-order valence-electron chi connectivity index (χ4n) is 3.25. The van der Waals surface area contributed by atoms with Gasteiger partial charge in [-0.15, -0.1) is 0 Å². The van der Waals surface area contributed by atoms with E-state index in [4.69, 9.17) is 23.2 Å². The largest absolute Gasteiger partial charge is 0.345 e. The lowest BCUT2D eigenvalue weighted by Crippen LogP contribution is -2.13. The molecule has 0 radical (unpaired) electrons. The van der Waals surface area contributed by atoms with E-state index in [1.165, 1.54) is 0 Å². The highest BCUT2D eigenvalue weighted by atomic mass is 35.5. The van der Waals surface area contributed by atoms with E-state index in [-0.39, 0.29) is 0 Å². The van der Waals surface area contributed by atoms with Gasteiger partial charge in [0.25, 0.3) is 0 Å². The quantitative estimate of drug-likeness (QED) is 0.310. The van der Waals surface area contributed by atoms with Crippen molar-refractivity contribution in [1.82, 2.24) is 4.98 Å². The molecule has 4 aromatic rings. The summed E-state index contributed by atoms with van der Waals surface area (Å²) in [6.07, 6.45) is 0. The Balaban J connectivity index is 1.81. The predicted molar refractivity (Wildman–Crippen MR) is 123 cm³/mol. The van der Waals surface area contributed by atoms with Gasteiger partial charge < -0.3 is 9.80 Å². The molecular formula is C24H19Cl2N3. The number of para-hydroxylation sites is 2. The maximum atomic E-state index is 6.20. The number of benzene rings is 3. The molecule has 144 valence electrons. The van der Waals surface area contributed by atoms with Gasteiger partial charge in [-0.1, -0.05) is 65.7 Å². The smallest absolute Gasteiger partial charge is 0.132 e. The van der Waals surface area contributed by atoms with E-state index in [2.05, 4.69) is 64.3 Å². The van der Waals surface area contributed by atoms with E-state index in [0.29, 0.717) is 10.3 Å². The number of aromatic nitrogens is 1. The van der Waals surface area contributed by atoms with Crippen molar-refractivity contribution in [2.24, 2.45) is 0 Å². The predicted octanol–water partition coefficient (Wildman–Crippen LogP) is 7.63. The summed E-state index contributed by atoms with van der Waals surface area (Å²) in [7, 11) is 2.06. The van der Waals surface area contributed by atoms with Gasteiger partial charge in [-0.25, -0.2) is 4.98 Å². The van der Waals surface area contributed by atoms with Crippen LogP contribution in [0.25, 0.3) is 0 Å². The second kappa shape index (κ2) is 8.56. The van der Waals surface area contributed by atoms with Crippen LogP contribution >= 0.6 is 23.2 Å². The Labute approximate surface area is 180 Å². The van der Waals surface area contributed by atoms with Gasteiger partial charge >= 0.3 is 0 Å². The van der Waals surface area contributed by atoms with Crippen LogP contribution in [0, 0.1) is 0 Å². The number of rotatable bonds is 5. The third-order valence-electron chi connectivity index (χ3n) is 4.64. The van der Waals surface area contributed by atoms with Crippen molar-refractivity contribution in [3.05, 3.63) is 107 Å². The van der Waals surface area contributed by atoms with E-state index in [9.17, 15) is 0 Å². The molecule has 29 heavy (non-hydrogen) atoms. The van der Waals surface area contributed by atoms with E-state index in [1.807, 2.05) is 54.6 Å². The third-order valence-corrected chi connectivity index (χ3v) is 5.03. The van der Waals surface area contributed by atoms with Gasteiger partial charge in [-0.3, -0.25) is 0 Å². The molecule has 5 heteroatoms. The Kier molecular flexibility index (Phi) is 5.70. The number of nitrogens with zero attached hydrogens (tertiary/aromatic N) is 3. The van der Waals surface area contributed by atoms with Gasteiger partial charge in [0.2, 0.25) is 0 Å². The Morgan fingerprint density at radius 1 is 0.552 bits per heavy atom. The van der Waals surface area contributed by atoms with E-state index >= 15 is 0 Å². The summed E-state index contributed by atoms with van der Waals surface area (Å²) in [6.45, 7) is 0. The maximum absolute atomic E-state index is 6.20. The monoisotopic (exact) mass is 419 g/mol. The number of anilines is 5. The highest BCUT2D eigenvalue weighted by Gasteiger charge is 2.15. The number of halogens is 2. The summed E-state index contributed by atoms with van der Waals surface area (Å²) < 4.78 is 0. The van der Waals surface area contributed by atoms with Gasteiger partial charge in [-0.05, 0) is 54.6 Å². The first-order valence-electron chi connectivity index (χ1n) is 9.19. The maximum Gasteiger partial charge on any atom is 0.132 e. The summed E-state index contributed by atoms with van der Waals surface area (Å²) in [4.78, 5) is 8.35. The topological polar surface area (TPSA) is 19.4 Å². The van der Waals surface area contributed by atoms with Crippen LogP contribution in [0.5, 0.6) is 0 Å². The second-order valence-corrected chi connectivity index (χ2v) is 7.33. The van der Waals surface area contributed by atoms with Crippen LogP contribution in [-0.2, 0) is 0 Å². The van der Waals surface area contributed by atoms with Crippen LogP contribution in [0.1, 0.15) is 0 Å². The molecule has 3 nitrogen and oxygen atoms in total. The van der Waals surface area contributed by atoms with Crippen molar-refractivity contribution in [2.45, 2.75) is 0 Å². The Morgan fingerprint density at radius 2 is 1.07 bits per heavy atom. The SMILES string of the molecule is CN(c1ccccc1)c1cccc(N(c2ccccc2)c2cc(Cl)nc(Cl)c2)c1. The van der Waals surface area contributed by atoms with Crippen LogP contribution in [0.2, 0.25) is 10.3 Å². The number of hydrogen-bond donors (Lipinski definition) is 0. The van der Waals surface area contributed by atoms with E-state index < -0.39 is 0 Å². The van der Waals surface area contributed by atoms with Crippen molar-refractivity contribution in [3.8, 4) is 0 Å². The van der Waals surface area contributed by atoms with Gasteiger partial charge in [0.1, 0.15) is 10.3 Å². The molecule has 0 N–H and O–H groups in total. The second-order valence-electron chi connectivity index (χ2n) is 6.56. The van der Waals surface area contributed by atoms with Crippen molar-refractivity contribution < 1.29 is 0 Å². The molecule has 3 aromatic carbocycles. The summed E-state index contributed by atoms with van der Waals surface area (Å²) >= 11 is 12.4. The lowest BCUT2D eigenvalue weighted by molar-refractivity contribution is 1.19. The molecule has 1 heterocycles. The lowest BCUT2D eigenvalue weighted by atomic mass is 10.1. The zero-order valence-corrected chi connectivity index (χ0v) is 17.3. The molecule has 0 saturated heterocycles. The average molecular weight is 420 g/mol. The third kappa shape index (κ3) is 4.37. The Bertz CT molecular complexity index is 1080. The average Bonchev–Trinajstić information content (AvgIpc) is 2.74. The van der Waals surface area contributed by atoms with Crippen molar-refractivity contribution in [2.75, 3.05) is 16.8 Å².